The third-order valence-corrected chi connectivity index (χ3v) is 2.18. The van der Waals surface area contributed by atoms with Crippen LogP contribution in [0.5, 0.6) is 0 Å². The summed E-state index contributed by atoms with van der Waals surface area (Å²) in [6, 6.07) is 5.67. The van der Waals surface area contributed by atoms with Crippen molar-refractivity contribution in [1.82, 2.24) is 10.2 Å². The van der Waals surface area contributed by atoms with Gasteiger partial charge < -0.3 is 5.32 Å². The quantitative estimate of drug-likeness (QED) is 0.766. The highest BCUT2D eigenvalue weighted by atomic mass is 16.1. The number of aromatic nitrogens is 2. The second-order valence-corrected chi connectivity index (χ2v) is 3.41. The van der Waals surface area contributed by atoms with Crippen LogP contribution in [0, 0.1) is 6.92 Å². The fraction of sp³-hybridized carbons (Fsp3) is 0.182. The highest BCUT2D eigenvalue weighted by molar-refractivity contribution is 5.99. The van der Waals surface area contributed by atoms with E-state index in [2.05, 4.69) is 15.5 Å². The van der Waals surface area contributed by atoms with E-state index in [9.17, 15) is 4.79 Å². The van der Waals surface area contributed by atoms with Gasteiger partial charge in [-0.3, -0.25) is 4.79 Å². The number of rotatable bonds is 1. The van der Waals surface area contributed by atoms with Crippen LogP contribution in [0.1, 0.15) is 12.5 Å². The molecule has 1 N–H and O–H groups in total. The molecule has 2 rings (SSSR count). The van der Waals surface area contributed by atoms with E-state index in [1.807, 2.05) is 25.1 Å². The molecule has 0 aliphatic rings. The molecule has 4 nitrogen and oxygen atoms in total. The van der Waals surface area contributed by atoms with Crippen LogP contribution in [0.3, 0.4) is 0 Å². The standard InChI is InChI=1S/C11H11N3O/c1-7-6-12-14-11-9(7)4-3-5-10(11)13-8(2)15/h3-6H,1-2H3,(H,13,15). The maximum atomic E-state index is 11.0. The number of aryl methyl sites for hydroxylation is 1. The van der Waals surface area contributed by atoms with Gasteiger partial charge in [-0.05, 0) is 18.6 Å². The fourth-order valence-corrected chi connectivity index (χ4v) is 1.50. The number of nitrogens with one attached hydrogen (secondary N) is 1. The highest BCUT2D eigenvalue weighted by Gasteiger charge is 2.05. The summed E-state index contributed by atoms with van der Waals surface area (Å²) in [6.07, 6.45) is 1.71. The number of carbonyl (C=O) groups excluding carboxylic acids is 1. The Kier molecular flexibility index (Phi) is 2.33. The molecule has 15 heavy (non-hydrogen) atoms. The Hall–Kier alpha value is -1.97. The van der Waals surface area contributed by atoms with Crippen molar-refractivity contribution in [2.24, 2.45) is 0 Å². The van der Waals surface area contributed by atoms with Crippen molar-refractivity contribution in [3.8, 4) is 0 Å². The Morgan fingerprint density at radius 2 is 2.20 bits per heavy atom. The molecule has 0 saturated heterocycles. The lowest BCUT2D eigenvalue weighted by Gasteiger charge is -2.06. The molecular weight excluding hydrogens is 190 g/mol. The first-order valence-corrected chi connectivity index (χ1v) is 4.67. The Morgan fingerprint density at radius 1 is 1.40 bits per heavy atom. The Balaban J connectivity index is 2.65. The van der Waals surface area contributed by atoms with E-state index in [-0.39, 0.29) is 5.91 Å². The number of carbonyl (C=O) groups is 1. The Bertz CT molecular complexity index is 522. The van der Waals surface area contributed by atoms with E-state index < -0.39 is 0 Å². The summed E-state index contributed by atoms with van der Waals surface area (Å²) < 4.78 is 0. The molecule has 1 heterocycles. The molecule has 0 spiro atoms. The lowest BCUT2D eigenvalue weighted by atomic mass is 10.1. The van der Waals surface area contributed by atoms with Crippen LogP contribution in [0.4, 0.5) is 5.69 Å². The molecule has 0 aliphatic carbocycles. The number of nitrogens with zero attached hydrogens (tertiary/aromatic N) is 2. The minimum Gasteiger partial charge on any atom is -0.324 e. The Labute approximate surface area is 87.3 Å². The van der Waals surface area contributed by atoms with Crippen molar-refractivity contribution in [1.29, 1.82) is 0 Å². The van der Waals surface area contributed by atoms with Crippen LogP contribution < -0.4 is 5.32 Å². The van der Waals surface area contributed by atoms with Crippen molar-refractivity contribution >= 4 is 22.5 Å². The summed E-state index contributed by atoms with van der Waals surface area (Å²) in [5.74, 6) is -0.106. The van der Waals surface area contributed by atoms with Crippen LogP contribution in [-0.2, 0) is 4.79 Å². The first-order valence-electron chi connectivity index (χ1n) is 4.67. The average molecular weight is 201 g/mol. The van der Waals surface area contributed by atoms with Crippen molar-refractivity contribution < 1.29 is 4.79 Å². The SMILES string of the molecule is CC(=O)Nc1cccc2c(C)cnnc12. The van der Waals surface area contributed by atoms with Gasteiger partial charge in [-0.1, -0.05) is 12.1 Å². The van der Waals surface area contributed by atoms with E-state index >= 15 is 0 Å². The number of benzene rings is 1. The summed E-state index contributed by atoms with van der Waals surface area (Å²) in [5.41, 5.74) is 2.48. The van der Waals surface area contributed by atoms with E-state index in [1.165, 1.54) is 6.92 Å². The number of amides is 1. The van der Waals surface area contributed by atoms with E-state index in [4.69, 9.17) is 0 Å². The first-order chi connectivity index (χ1) is 7.18. The molecule has 2 aromatic rings. The normalized spacial score (nSPS) is 10.3. The lowest BCUT2D eigenvalue weighted by Crippen LogP contribution is -2.06. The molecule has 0 radical (unpaired) electrons. The van der Waals surface area contributed by atoms with Gasteiger partial charge in [0, 0.05) is 12.3 Å². The highest BCUT2D eigenvalue weighted by Crippen LogP contribution is 2.22. The predicted molar refractivity (Wildman–Crippen MR) is 58.6 cm³/mol. The van der Waals surface area contributed by atoms with Crippen molar-refractivity contribution in [3.63, 3.8) is 0 Å². The van der Waals surface area contributed by atoms with Crippen molar-refractivity contribution in [2.45, 2.75) is 13.8 Å². The molecule has 76 valence electrons. The van der Waals surface area contributed by atoms with Gasteiger partial charge in [-0.15, -0.1) is 5.10 Å². The second kappa shape index (κ2) is 3.65. The van der Waals surface area contributed by atoms with Crippen LogP contribution in [0.2, 0.25) is 0 Å². The topological polar surface area (TPSA) is 54.9 Å². The average Bonchev–Trinajstić information content (AvgIpc) is 2.19. The molecule has 0 fully saturated rings. The van der Waals surface area contributed by atoms with E-state index in [1.54, 1.807) is 6.20 Å². The second-order valence-electron chi connectivity index (χ2n) is 3.41. The lowest BCUT2D eigenvalue weighted by molar-refractivity contribution is -0.114. The summed E-state index contributed by atoms with van der Waals surface area (Å²) in [7, 11) is 0. The molecule has 0 saturated carbocycles. The Morgan fingerprint density at radius 3 is 2.93 bits per heavy atom. The van der Waals surface area contributed by atoms with Gasteiger partial charge >= 0.3 is 0 Å². The van der Waals surface area contributed by atoms with Crippen molar-refractivity contribution in [2.75, 3.05) is 5.32 Å². The van der Waals surface area contributed by atoms with Crippen LogP contribution in [0.25, 0.3) is 10.9 Å². The zero-order valence-corrected chi connectivity index (χ0v) is 8.61. The summed E-state index contributed by atoms with van der Waals surface area (Å²) in [4.78, 5) is 11.0. The largest absolute Gasteiger partial charge is 0.324 e. The molecule has 1 aromatic carbocycles. The van der Waals surface area contributed by atoms with E-state index in [0.717, 1.165) is 16.5 Å². The molecule has 0 unspecified atom stereocenters. The monoisotopic (exact) mass is 201 g/mol. The van der Waals surface area contributed by atoms with Gasteiger partial charge in [0.05, 0.1) is 11.9 Å². The number of fused-ring (bicyclic) bond motifs is 1. The fourth-order valence-electron chi connectivity index (χ4n) is 1.50. The molecule has 4 heteroatoms. The molecule has 0 aliphatic heterocycles. The van der Waals surface area contributed by atoms with Crippen LogP contribution in [0.15, 0.2) is 24.4 Å². The van der Waals surface area contributed by atoms with Gasteiger partial charge in [0.1, 0.15) is 5.52 Å². The predicted octanol–water partition coefficient (Wildman–Crippen LogP) is 1.90. The third-order valence-electron chi connectivity index (χ3n) is 2.18. The molecule has 1 aromatic heterocycles. The summed E-state index contributed by atoms with van der Waals surface area (Å²) in [5, 5.41) is 11.7. The minimum atomic E-state index is -0.106. The van der Waals surface area contributed by atoms with E-state index in [0.29, 0.717) is 5.69 Å². The molecule has 1 amide bonds. The number of hydrogen-bond donors (Lipinski definition) is 1. The van der Waals surface area contributed by atoms with Gasteiger partial charge in [0.25, 0.3) is 0 Å². The summed E-state index contributed by atoms with van der Waals surface area (Å²) >= 11 is 0. The molecule has 0 atom stereocenters. The third kappa shape index (κ3) is 1.79. The molecule has 0 bridgehead atoms. The smallest absolute Gasteiger partial charge is 0.221 e. The first kappa shape index (κ1) is 9.58. The zero-order valence-electron chi connectivity index (χ0n) is 8.61. The molecular formula is C11H11N3O. The van der Waals surface area contributed by atoms with Gasteiger partial charge in [-0.2, -0.15) is 5.10 Å². The maximum absolute atomic E-state index is 11.0. The summed E-state index contributed by atoms with van der Waals surface area (Å²) in [6.45, 7) is 3.44. The van der Waals surface area contributed by atoms with Crippen molar-refractivity contribution in [3.05, 3.63) is 30.0 Å². The number of hydrogen-bond acceptors (Lipinski definition) is 3. The number of anilines is 1. The zero-order chi connectivity index (χ0) is 10.8. The van der Waals surface area contributed by atoms with Crippen LogP contribution >= 0.6 is 0 Å². The van der Waals surface area contributed by atoms with Gasteiger partial charge in [0.15, 0.2) is 0 Å². The van der Waals surface area contributed by atoms with Gasteiger partial charge in [0.2, 0.25) is 5.91 Å². The maximum Gasteiger partial charge on any atom is 0.221 e. The van der Waals surface area contributed by atoms with Crippen LogP contribution in [-0.4, -0.2) is 16.1 Å². The minimum absolute atomic E-state index is 0.106. The van der Waals surface area contributed by atoms with Gasteiger partial charge in [-0.25, -0.2) is 0 Å².